The molecule has 10 heteroatoms. The van der Waals surface area contributed by atoms with Crippen LogP contribution in [0, 0.1) is 0 Å². The molecule has 0 aliphatic rings. The van der Waals surface area contributed by atoms with E-state index >= 15 is 0 Å². The molecule has 0 rings (SSSR count). The van der Waals surface area contributed by atoms with Crippen LogP contribution in [-0.2, 0) is 34.0 Å². The standard InChI is InChI=1S/C8H20O7S2Si/c1-18(2,3)15-17(11,12)14-8-6-4-5-7-13-16(9)10/h4-8H2,1-3H3,(H,9,10). The maximum atomic E-state index is 11.3. The summed E-state index contributed by atoms with van der Waals surface area (Å²) in [6.07, 6.45) is 1.71. The van der Waals surface area contributed by atoms with E-state index in [1.807, 2.05) is 0 Å². The lowest BCUT2D eigenvalue weighted by molar-refractivity contribution is 0.256. The summed E-state index contributed by atoms with van der Waals surface area (Å²) in [5, 5.41) is 0. The van der Waals surface area contributed by atoms with Gasteiger partial charge in [0.2, 0.25) is 8.32 Å². The van der Waals surface area contributed by atoms with E-state index in [1.165, 1.54) is 0 Å². The highest BCUT2D eigenvalue weighted by atomic mass is 32.3. The molecule has 1 unspecified atom stereocenters. The minimum atomic E-state index is -3.90. The summed E-state index contributed by atoms with van der Waals surface area (Å²) in [5.41, 5.74) is 0. The predicted molar refractivity (Wildman–Crippen MR) is 69.9 cm³/mol. The molecule has 0 heterocycles. The van der Waals surface area contributed by atoms with Gasteiger partial charge in [0.1, 0.15) is 0 Å². The molecular formula is C8H20O7S2Si. The second-order valence-electron chi connectivity index (χ2n) is 4.53. The predicted octanol–water partition coefficient (Wildman–Crippen LogP) is 1.42. The van der Waals surface area contributed by atoms with Gasteiger partial charge in [-0.2, -0.15) is 12.6 Å². The fourth-order valence-electron chi connectivity index (χ4n) is 1.00. The van der Waals surface area contributed by atoms with Gasteiger partial charge in [0.15, 0.2) is 0 Å². The van der Waals surface area contributed by atoms with Crippen LogP contribution >= 0.6 is 0 Å². The van der Waals surface area contributed by atoms with E-state index in [0.29, 0.717) is 19.3 Å². The monoisotopic (exact) mass is 320 g/mol. The third-order valence-electron chi connectivity index (χ3n) is 1.55. The maximum Gasteiger partial charge on any atom is 0.390 e. The van der Waals surface area contributed by atoms with Gasteiger partial charge in [-0.25, -0.2) is 4.18 Å². The number of hydrogen-bond acceptors (Lipinski definition) is 6. The SMILES string of the molecule is C[Si](C)(C)OS(=O)(=O)OCCCCCOS(=O)O. The smallest absolute Gasteiger partial charge is 0.294 e. The van der Waals surface area contributed by atoms with Crippen molar-refractivity contribution in [2.75, 3.05) is 13.2 Å². The fourth-order valence-corrected chi connectivity index (χ4v) is 4.23. The number of hydrogen-bond donors (Lipinski definition) is 1. The quantitative estimate of drug-likeness (QED) is 0.369. The molecule has 1 N–H and O–H groups in total. The average Bonchev–Trinajstić information content (AvgIpc) is 2.11. The first-order chi connectivity index (χ1) is 8.12. The van der Waals surface area contributed by atoms with Crippen LogP contribution < -0.4 is 0 Å². The molecule has 0 radical (unpaired) electrons. The minimum absolute atomic E-state index is 0.0367. The van der Waals surface area contributed by atoms with E-state index in [2.05, 4.69) is 8.37 Å². The number of unbranched alkanes of at least 4 members (excludes halogenated alkanes) is 2. The third-order valence-corrected chi connectivity index (χ3v) is 5.19. The first-order valence-electron chi connectivity index (χ1n) is 5.46. The van der Waals surface area contributed by atoms with Gasteiger partial charge >= 0.3 is 21.8 Å². The Morgan fingerprint density at radius 3 is 2.17 bits per heavy atom. The zero-order valence-electron chi connectivity index (χ0n) is 10.7. The summed E-state index contributed by atoms with van der Waals surface area (Å²) in [6, 6.07) is 0. The molecule has 0 saturated carbocycles. The topological polar surface area (TPSA) is 99.1 Å². The molecule has 7 nitrogen and oxygen atoms in total. The van der Waals surface area contributed by atoms with Crippen molar-refractivity contribution in [3.05, 3.63) is 0 Å². The Morgan fingerprint density at radius 1 is 1.11 bits per heavy atom. The Hall–Kier alpha value is 0.157. The molecule has 18 heavy (non-hydrogen) atoms. The van der Waals surface area contributed by atoms with Crippen molar-refractivity contribution in [2.24, 2.45) is 0 Å². The van der Waals surface area contributed by atoms with Crippen LogP contribution in [-0.4, -0.2) is 38.7 Å². The average molecular weight is 320 g/mol. The highest BCUT2D eigenvalue weighted by molar-refractivity contribution is 7.83. The molecule has 0 amide bonds. The van der Waals surface area contributed by atoms with Crippen molar-refractivity contribution in [1.29, 1.82) is 0 Å². The maximum absolute atomic E-state index is 11.3. The molecule has 0 bridgehead atoms. The van der Waals surface area contributed by atoms with E-state index in [1.54, 1.807) is 19.6 Å². The molecule has 1 atom stereocenters. The third kappa shape index (κ3) is 12.6. The Bertz CT molecular complexity index is 349. The van der Waals surface area contributed by atoms with E-state index in [4.69, 9.17) is 8.42 Å². The Balaban J connectivity index is 3.63. The van der Waals surface area contributed by atoms with Gasteiger partial charge in [0.25, 0.3) is 0 Å². The first kappa shape index (κ1) is 18.2. The van der Waals surface area contributed by atoms with Gasteiger partial charge in [-0.15, -0.1) is 0 Å². The van der Waals surface area contributed by atoms with Gasteiger partial charge in [-0.05, 0) is 38.9 Å². The lowest BCUT2D eigenvalue weighted by Crippen LogP contribution is -2.30. The van der Waals surface area contributed by atoms with E-state index in [0.717, 1.165) is 0 Å². The summed E-state index contributed by atoms with van der Waals surface area (Å²) in [6.45, 7) is 5.44. The van der Waals surface area contributed by atoms with Crippen LogP contribution in [0.2, 0.25) is 19.6 Å². The second kappa shape index (κ2) is 8.35. The lowest BCUT2D eigenvalue weighted by atomic mass is 10.2. The molecule has 0 aromatic heterocycles. The Morgan fingerprint density at radius 2 is 1.67 bits per heavy atom. The van der Waals surface area contributed by atoms with Crippen LogP contribution in [0.1, 0.15) is 19.3 Å². The lowest BCUT2D eigenvalue weighted by Gasteiger charge is -2.15. The van der Waals surface area contributed by atoms with Gasteiger partial charge in [-0.3, -0.25) is 12.6 Å². The van der Waals surface area contributed by atoms with Crippen molar-refractivity contribution < 1.29 is 29.4 Å². The zero-order valence-corrected chi connectivity index (χ0v) is 13.4. The molecule has 0 aliphatic carbocycles. The normalized spacial score (nSPS) is 14.7. The largest absolute Gasteiger partial charge is 0.390 e. The molecule has 0 spiro atoms. The van der Waals surface area contributed by atoms with Crippen molar-refractivity contribution in [3.63, 3.8) is 0 Å². The van der Waals surface area contributed by atoms with E-state index in [-0.39, 0.29) is 13.2 Å². The minimum Gasteiger partial charge on any atom is -0.294 e. The first-order valence-corrected chi connectivity index (χ1v) is 11.2. The van der Waals surface area contributed by atoms with Crippen LogP contribution in [0.5, 0.6) is 0 Å². The molecule has 0 fully saturated rings. The van der Waals surface area contributed by atoms with Crippen molar-refractivity contribution >= 4 is 30.1 Å². The van der Waals surface area contributed by atoms with Gasteiger partial charge < -0.3 is 0 Å². The van der Waals surface area contributed by atoms with Crippen molar-refractivity contribution in [1.82, 2.24) is 0 Å². The molecule has 0 aromatic carbocycles. The van der Waals surface area contributed by atoms with Gasteiger partial charge in [0, 0.05) is 0 Å². The Kier molecular flexibility index (Phi) is 8.42. The Labute approximate surface area is 112 Å². The van der Waals surface area contributed by atoms with Crippen LogP contribution in [0.25, 0.3) is 0 Å². The van der Waals surface area contributed by atoms with Gasteiger partial charge in [0.05, 0.1) is 13.2 Å². The summed E-state index contributed by atoms with van der Waals surface area (Å²) in [4.78, 5) is 0. The van der Waals surface area contributed by atoms with Crippen molar-refractivity contribution in [3.8, 4) is 0 Å². The van der Waals surface area contributed by atoms with Crippen LogP contribution in [0.15, 0.2) is 0 Å². The summed E-state index contributed by atoms with van der Waals surface area (Å²) < 4.78 is 55.0. The van der Waals surface area contributed by atoms with Crippen molar-refractivity contribution in [2.45, 2.75) is 38.9 Å². The molecule has 0 saturated heterocycles. The highest BCUT2D eigenvalue weighted by Crippen LogP contribution is 2.10. The highest BCUT2D eigenvalue weighted by Gasteiger charge is 2.24. The van der Waals surface area contributed by atoms with Gasteiger partial charge in [-0.1, -0.05) is 0 Å². The second-order valence-corrected chi connectivity index (χ2v) is 11.1. The summed E-state index contributed by atoms with van der Waals surface area (Å²) >= 11 is -2.24. The van der Waals surface area contributed by atoms with E-state index < -0.39 is 30.1 Å². The summed E-state index contributed by atoms with van der Waals surface area (Å²) in [7, 11) is -6.08. The van der Waals surface area contributed by atoms with E-state index in [9.17, 15) is 12.6 Å². The van der Waals surface area contributed by atoms with Crippen LogP contribution in [0.3, 0.4) is 0 Å². The zero-order chi connectivity index (χ0) is 14.2. The molecule has 0 aromatic rings. The molecule has 110 valence electrons. The molecule has 0 aliphatic heterocycles. The van der Waals surface area contributed by atoms with Crippen LogP contribution in [0.4, 0.5) is 0 Å². The fraction of sp³-hybridized carbons (Fsp3) is 1.00. The number of rotatable bonds is 10. The summed E-state index contributed by atoms with van der Waals surface area (Å²) in [5.74, 6) is 0. The molecular weight excluding hydrogens is 300 g/mol.